The first kappa shape index (κ1) is 17.2. The second-order valence-electron chi connectivity index (χ2n) is 5.01. The van der Waals surface area contributed by atoms with Crippen LogP contribution in [-0.4, -0.2) is 39.3 Å². The van der Waals surface area contributed by atoms with Gasteiger partial charge in [-0.05, 0) is 32.0 Å². The van der Waals surface area contributed by atoms with E-state index in [0.717, 1.165) is 0 Å². The van der Waals surface area contributed by atoms with E-state index in [0.29, 0.717) is 24.1 Å². The number of nitrogens with zero attached hydrogens (tertiary/aromatic N) is 3. The Morgan fingerprint density at radius 1 is 1.17 bits per heavy atom. The van der Waals surface area contributed by atoms with Crippen molar-refractivity contribution in [3.63, 3.8) is 0 Å². The van der Waals surface area contributed by atoms with Crippen LogP contribution in [-0.2, 0) is 0 Å². The van der Waals surface area contributed by atoms with Gasteiger partial charge in [0.1, 0.15) is 5.82 Å². The van der Waals surface area contributed by atoms with Crippen LogP contribution in [0, 0.1) is 5.82 Å². The average molecular weight is 341 g/mol. The van der Waals surface area contributed by atoms with E-state index in [2.05, 4.69) is 30.9 Å². The molecule has 1 aromatic carbocycles. The molecule has 0 atom stereocenters. The van der Waals surface area contributed by atoms with Gasteiger partial charge in [-0.3, -0.25) is 0 Å². The summed E-state index contributed by atoms with van der Waals surface area (Å²) in [5.41, 5.74) is 0.547. The highest BCUT2D eigenvalue weighted by atomic mass is 35.5. The zero-order valence-corrected chi connectivity index (χ0v) is 13.5. The number of aromatic nitrogens is 3. The summed E-state index contributed by atoms with van der Waals surface area (Å²) in [6.07, 6.45) is 0. The molecule has 1 aromatic heterocycles. The van der Waals surface area contributed by atoms with E-state index in [-0.39, 0.29) is 23.6 Å². The van der Waals surface area contributed by atoms with Crippen molar-refractivity contribution in [3.05, 3.63) is 29.0 Å². The maximum atomic E-state index is 13.2. The summed E-state index contributed by atoms with van der Waals surface area (Å²) in [6.45, 7) is 4.18. The summed E-state index contributed by atoms with van der Waals surface area (Å²) in [5.74, 6) is 0.464. The second kappa shape index (κ2) is 7.89. The van der Waals surface area contributed by atoms with E-state index >= 15 is 0 Å². The van der Waals surface area contributed by atoms with Gasteiger partial charge in [-0.15, -0.1) is 0 Å². The number of benzene rings is 1. The number of aliphatic hydroxyl groups excluding tert-OH is 1. The average Bonchev–Trinajstić information content (AvgIpc) is 2.48. The van der Waals surface area contributed by atoms with Crippen LogP contribution in [0.4, 0.5) is 27.9 Å². The number of nitrogens with one attached hydrogen (secondary N) is 3. The third kappa shape index (κ3) is 5.19. The molecule has 0 radical (unpaired) electrons. The lowest BCUT2D eigenvalue weighted by molar-refractivity contribution is 0.311. The predicted molar refractivity (Wildman–Crippen MR) is 88.9 cm³/mol. The zero-order chi connectivity index (χ0) is 16.8. The first-order valence-electron chi connectivity index (χ1n) is 7.07. The van der Waals surface area contributed by atoms with Crippen LogP contribution in [0.1, 0.15) is 13.8 Å². The Morgan fingerprint density at radius 2 is 1.87 bits per heavy atom. The van der Waals surface area contributed by atoms with E-state index in [1.54, 1.807) is 0 Å². The van der Waals surface area contributed by atoms with Gasteiger partial charge in [-0.1, -0.05) is 11.6 Å². The Kier molecular flexibility index (Phi) is 5.89. The molecule has 9 heteroatoms. The highest BCUT2D eigenvalue weighted by Crippen LogP contribution is 2.22. The summed E-state index contributed by atoms with van der Waals surface area (Å²) in [4.78, 5) is 12.6. The molecule has 0 bridgehead atoms. The third-order valence-corrected chi connectivity index (χ3v) is 2.91. The molecule has 1 heterocycles. The maximum absolute atomic E-state index is 13.2. The van der Waals surface area contributed by atoms with Crippen molar-refractivity contribution in [2.24, 2.45) is 0 Å². The van der Waals surface area contributed by atoms with Gasteiger partial charge in [0.05, 0.1) is 11.6 Å². The molecule has 0 fully saturated rings. The van der Waals surface area contributed by atoms with Crippen LogP contribution >= 0.6 is 11.6 Å². The van der Waals surface area contributed by atoms with Gasteiger partial charge in [0.15, 0.2) is 0 Å². The van der Waals surface area contributed by atoms with Crippen molar-refractivity contribution in [1.29, 1.82) is 0 Å². The Labute approximate surface area is 138 Å². The number of rotatable bonds is 7. The molecular formula is C14H18ClFN6O. The number of aliphatic hydroxyl groups is 1. The first-order chi connectivity index (χ1) is 11.0. The monoisotopic (exact) mass is 340 g/mol. The van der Waals surface area contributed by atoms with Gasteiger partial charge in [0.2, 0.25) is 17.8 Å². The minimum Gasteiger partial charge on any atom is -0.395 e. The van der Waals surface area contributed by atoms with Crippen LogP contribution in [0.3, 0.4) is 0 Å². The van der Waals surface area contributed by atoms with Crippen molar-refractivity contribution in [1.82, 2.24) is 15.0 Å². The number of anilines is 4. The van der Waals surface area contributed by atoms with Gasteiger partial charge in [-0.2, -0.15) is 15.0 Å². The minimum atomic E-state index is -0.500. The lowest BCUT2D eigenvalue weighted by Gasteiger charge is -2.12. The summed E-state index contributed by atoms with van der Waals surface area (Å²) < 4.78 is 13.2. The van der Waals surface area contributed by atoms with Crippen LogP contribution < -0.4 is 16.0 Å². The summed E-state index contributed by atoms with van der Waals surface area (Å²) in [7, 11) is 0. The highest BCUT2D eigenvalue weighted by molar-refractivity contribution is 6.31. The quantitative estimate of drug-likeness (QED) is 0.615. The van der Waals surface area contributed by atoms with Gasteiger partial charge in [-0.25, -0.2) is 4.39 Å². The molecule has 2 aromatic rings. The minimum absolute atomic E-state index is 0.00298. The molecular weight excluding hydrogens is 323 g/mol. The molecule has 0 amide bonds. The van der Waals surface area contributed by atoms with Crippen LogP contribution in [0.15, 0.2) is 18.2 Å². The smallest absolute Gasteiger partial charge is 0.233 e. The fourth-order valence-electron chi connectivity index (χ4n) is 1.70. The molecule has 0 saturated carbocycles. The molecule has 0 aliphatic rings. The van der Waals surface area contributed by atoms with Crippen molar-refractivity contribution >= 4 is 35.1 Å². The SMILES string of the molecule is CC(C)Nc1nc(NCCO)nc(Nc2ccc(F)c(Cl)c2)n1. The molecule has 2 rings (SSSR count). The van der Waals surface area contributed by atoms with Crippen molar-refractivity contribution in [2.45, 2.75) is 19.9 Å². The summed E-state index contributed by atoms with van der Waals surface area (Å²) >= 11 is 5.76. The van der Waals surface area contributed by atoms with Crippen molar-refractivity contribution < 1.29 is 9.50 Å². The molecule has 0 aliphatic heterocycles. The highest BCUT2D eigenvalue weighted by Gasteiger charge is 2.09. The predicted octanol–water partition coefficient (Wildman–Crippen LogP) is 2.63. The van der Waals surface area contributed by atoms with E-state index in [9.17, 15) is 4.39 Å². The summed E-state index contributed by atoms with van der Waals surface area (Å²) in [6, 6.07) is 4.36. The van der Waals surface area contributed by atoms with E-state index in [1.807, 2.05) is 13.8 Å². The topological polar surface area (TPSA) is 95.0 Å². The van der Waals surface area contributed by atoms with Gasteiger partial charge >= 0.3 is 0 Å². The number of halogens is 2. The Balaban J connectivity index is 2.25. The largest absolute Gasteiger partial charge is 0.395 e. The lowest BCUT2D eigenvalue weighted by atomic mass is 10.3. The Hall–Kier alpha value is -2.19. The molecule has 4 N–H and O–H groups in total. The van der Waals surface area contributed by atoms with Gasteiger partial charge in [0.25, 0.3) is 0 Å². The van der Waals surface area contributed by atoms with Crippen molar-refractivity contribution in [2.75, 3.05) is 29.1 Å². The molecule has 23 heavy (non-hydrogen) atoms. The Bertz CT molecular complexity index is 670. The molecule has 0 unspecified atom stereocenters. The molecule has 0 saturated heterocycles. The van der Waals surface area contributed by atoms with E-state index in [4.69, 9.17) is 16.7 Å². The van der Waals surface area contributed by atoms with Crippen LogP contribution in [0.2, 0.25) is 5.02 Å². The van der Waals surface area contributed by atoms with Crippen molar-refractivity contribution in [3.8, 4) is 0 Å². The first-order valence-corrected chi connectivity index (χ1v) is 7.45. The van der Waals surface area contributed by atoms with Gasteiger partial charge < -0.3 is 21.1 Å². The summed E-state index contributed by atoms with van der Waals surface area (Å²) in [5, 5.41) is 17.8. The van der Waals surface area contributed by atoms with E-state index < -0.39 is 5.82 Å². The normalized spacial score (nSPS) is 10.7. The second-order valence-corrected chi connectivity index (χ2v) is 5.42. The van der Waals surface area contributed by atoms with E-state index in [1.165, 1.54) is 18.2 Å². The molecule has 124 valence electrons. The number of hydrogen-bond acceptors (Lipinski definition) is 7. The van der Waals surface area contributed by atoms with Crippen LogP contribution in [0.25, 0.3) is 0 Å². The van der Waals surface area contributed by atoms with Crippen LogP contribution in [0.5, 0.6) is 0 Å². The molecule has 0 spiro atoms. The number of hydrogen-bond donors (Lipinski definition) is 4. The fraction of sp³-hybridized carbons (Fsp3) is 0.357. The maximum Gasteiger partial charge on any atom is 0.233 e. The molecule has 7 nitrogen and oxygen atoms in total. The fourth-order valence-corrected chi connectivity index (χ4v) is 1.88. The lowest BCUT2D eigenvalue weighted by Crippen LogP contribution is -2.16. The standard InChI is InChI=1S/C14H18ClFN6O/c1-8(2)18-13-20-12(17-5-6-23)21-14(22-13)19-9-3-4-11(16)10(15)7-9/h3-4,7-8,23H,5-6H2,1-2H3,(H3,17,18,19,20,21,22). The zero-order valence-electron chi connectivity index (χ0n) is 12.8. The third-order valence-electron chi connectivity index (χ3n) is 2.62. The van der Waals surface area contributed by atoms with Gasteiger partial charge in [0, 0.05) is 18.3 Å². The Morgan fingerprint density at radius 3 is 2.52 bits per heavy atom. The molecule has 0 aliphatic carbocycles.